The number of nitrogens with one attached hydrogen (secondary N) is 1. The van der Waals surface area contributed by atoms with Gasteiger partial charge in [0, 0.05) is 10.0 Å². The minimum atomic E-state index is 0.702. The van der Waals surface area contributed by atoms with E-state index in [1.165, 1.54) is 0 Å². The average molecular weight is 432 g/mol. The van der Waals surface area contributed by atoms with Crippen LogP contribution in [-0.2, 0) is 6.42 Å². The molecule has 0 fully saturated rings. The van der Waals surface area contributed by atoms with Crippen molar-refractivity contribution >= 4 is 47.8 Å². The Morgan fingerprint density at radius 3 is 2.00 bits per heavy atom. The van der Waals surface area contributed by atoms with Crippen LogP contribution in [0, 0.1) is 0 Å². The number of hydrogen-bond donors (Lipinski definition) is 1. The molecule has 0 bridgehead atoms. The molecule has 0 spiro atoms. The molecule has 0 heterocycles. The van der Waals surface area contributed by atoms with E-state index in [4.69, 9.17) is 9.47 Å². The van der Waals surface area contributed by atoms with Crippen molar-refractivity contribution in [3.63, 3.8) is 0 Å². The zero-order valence-corrected chi connectivity index (χ0v) is 14.6. The van der Waals surface area contributed by atoms with Gasteiger partial charge in [0.15, 0.2) is 11.5 Å². The Kier molecular flexibility index (Phi) is 6.26. The minimum Gasteiger partial charge on any atom is -0.492 e. The third-order valence-electron chi connectivity index (χ3n) is 2.36. The summed E-state index contributed by atoms with van der Waals surface area (Å²) in [4.78, 5) is 0. The second kappa shape index (κ2) is 6.97. The molecule has 0 aliphatic carbocycles. The van der Waals surface area contributed by atoms with Crippen LogP contribution in [0.2, 0.25) is 0 Å². The highest BCUT2D eigenvalue weighted by Gasteiger charge is 2.21. The van der Waals surface area contributed by atoms with E-state index in [-0.39, 0.29) is 0 Å². The molecule has 1 rings (SSSR count). The van der Waals surface area contributed by atoms with E-state index < -0.39 is 0 Å². The summed E-state index contributed by atoms with van der Waals surface area (Å²) in [6.45, 7) is 0.867. The number of ether oxygens (including phenoxy) is 2. The largest absolute Gasteiger partial charge is 0.492 e. The predicted octanol–water partition coefficient (Wildman–Crippen LogP) is 3.75. The molecule has 96 valence electrons. The van der Waals surface area contributed by atoms with Gasteiger partial charge in [-0.05, 0) is 67.8 Å². The van der Waals surface area contributed by atoms with Crippen LogP contribution in [-0.4, -0.2) is 27.8 Å². The first-order chi connectivity index (χ1) is 8.08. The summed E-state index contributed by atoms with van der Waals surface area (Å²) in [6.07, 6.45) is 0.850. The van der Waals surface area contributed by atoms with Gasteiger partial charge in [0.25, 0.3) is 0 Å². The van der Waals surface area contributed by atoms with Crippen LogP contribution in [0.1, 0.15) is 5.56 Å². The van der Waals surface area contributed by atoms with E-state index in [1.807, 2.05) is 7.05 Å². The molecule has 1 N–H and O–H groups in total. The van der Waals surface area contributed by atoms with Crippen molar-refractivity contribution in [1.29, 1.82) is 0 Å². The lowest BCUT2D eigenvalue weighted by atomic mass is 10.1. The lowest BCUT2D eigenvalue weighted by molar-refractivity contribution is 0.349. The molecule has 0 aromatic heterocycles. The number of likely N-dealkylation sites (N-methyl/N-ethyl adjacent to an activating group) is 1. The molecule has 0 aliphatic rings. The molecule has 1 aromatic rings. The van der Waals surface area contributed by atoms with Gasteiger partial charge in [0.1, 0.15) is 0 Å². The van der Waals surface area contributed by atoms with Crippen molar-refractivity contribution in [1.82, 2.24) is 5.32 Å². The molecule has 0 aliphatic heterocycles. The molecular weight excluding hydrogens is 418 g/mol. The molecular formula is C11H14Br3NO2. The van der Waals surface area contributed by atoms with E-state index in [0.29, 0.717) is 5.75 Å². The topological polar surface area (TPSA) is 30.5 Å². The summed E-state index contributed by atoms with van der Waals surface area (Å²) in [5.41, 5.74) is 1.08. The molecule has 0 unspecified atom stereocenters. The Morgan fingerprint density at radius 1 is 0.941 bits per heavy atom. The number of hydrogen-bond acceptors (Lipinski definition) is 3. The summed E-state index contributed by atoms with van der Waals surface area (Å²) >= 11 is 10.6. The van der Waals surface area contributed by atoms with Crippen molar-refractivity contribution in [2.24, 2.45) is 0 Å². The Morgan fingerprint density at radius 2 is 1.53 bits per heavy atom. The van der Waals surface area contributed by atoms with Crippen molar-refractivity contribution in [2.75, 3.05) is 27.8 Å². The van der Waals surface area contributed by atoms with Crippen LogP contribution < -0.4 is 14.8 Å². The maximum atomic E-state index is 5.45. The summed E-state index contributed by atoms with van der Waals surface area (Å²) < 4.78 is 13.6. The molecule has 1 aromatic carbocycles. The Labute approximate surface area is 127 Å². The van der Waals surface area contributed by atoms with E-state index in [2.05, 4.69) is 53.1 Å². The highest BCUT2D eigenvalue weighted by Crippen LogP contribution is 2.47. The maximum Gasteiger partial charge on any atom is 0.176 e. The summed E-state index contributed by atoms with van der Waals surface area (Å²) in [5.74, 6) is 1.46. The number of halogens is 3. The molecule has 0 atom stereocenters. The quantitative estimate of drug-likeness (QED) is 0.720. The lowest BCUT2D eigenvalue weighted by Crippen LogP contribution is -2.12. The first-order valence-electron chi connectivity index (χ1n) is 5.00. The van der Waals surface area contributed by atoms with Crippen molar-refractivity contribution in [3.05, 3.63) is 19.0 Å². The van der Waals surface area contributed by atoms with Gasteiger partial charge in [-0.1, -0.05) is 0 Å². The van der Waals surface area contributed by atoms with Gasteiger partial charge < -0.3 is 14.8 Å². The zero-order valence-electron chi connectivity index (χ0n) is 9.86. The first kappa shape index (κ1) is 15.3. The van der Waals surface area contributed by atoms with Gasteiger partial charge in [-0.15, -0.1) is 0 Å². The third-order valence-corrected chi connectivity index (χ3v) is 5.85. The lowest BCUT2D eigenvalue weighted by Gasteiger charge is -2.17. The van der Waals surface area contributed by atoms with Gasteiger partial charge in [-0.3, -0.25) is 0 Å². The molecule has 6 heteroatoms. The summed E-state index contributed by atoms with van der Waals surface area (Å²) in [7, 11) is 5.20. The third kappa shape index (κ3) is 3.16. The molecule has 0 saturated carbocycles. The van der Waals surface area contributed by atoms with E-state index in [0.717, 1.165) is 37.7 Å². The number of methoxy groups -OCH3 is 2. The van der Waals surface area contributed by atoms with Crippen molar-refractivity contribution in [2.45, 2.75) is 6.42 Å². The molecule has 17 heavy (non-hydrogen) atoms. The molecule has 0 radical (unpaired) electrons. The average Bonchev–Trinajstić information content (AvgIpc) is 2.34. The SMILES string of the molecule is CNCCc1c(Br)c(Br)c(Br)c(OC)c1OC. The van der Waals surface area contributed by atoms with Crippen LogP contribution in [0.3, 0.4) is 0 Å². The smallest absolute Gasteiger partial charge is 0.176 e. The first-order valence-corrected chi connectivity index (χ1v) is 7.38. The van der Waals surface area contributed by atoms with Crippen LogP contribution in [0.4, 0.5) is 0 Å². The van der Waals surface area contributed by atoms with Crippen molar-refractivity contribution < 1.29 is 9.47 Å². The van der Waals surface area contributed by atoms with Crippen LogP contribution in [0.25, 0.3) is 0 Å². The van der Waals surface area contributed by atoms with Gasteiger partial charge >= 0.3 is 0 Å². The normalized spacial score (nSPS) is 10.5. The monoisotopic (exact) mass is 429 g/mol. The Balaban J connectivity index is 3.39. The fraction of sp³-hybridized carbons (Fsp3) is 0.455. The highest BCUT2D eigenvalue weighted by molar-refractivity contribution is 9.14. The predicted molar refractivity (Wildman–Crippen MR) is 80.3 cm³/mol. The van der Waals surface area contributed by atoms with Gasteiger partial charge in [0.05, 0.1) is 23.2 Å². The molecule has 0 saturated heterocycles. The fourth-order valence-corrected chi connectivity index (χ4v) is 3.34. The summed E-state index contributed by atoms with van der Waals surface area (Å²) in [5, 5.41) is 3.12. The zero-order chi connectivity index (χ0) is 13.0. The molecule has 0 amide bonds. The number of rotatable bonds is 5. The van der Waals surface area contributed by atoms with Gasteiger partial charge in [-0.2, -0.15) is 0 Å². The van der Waals surface area contributed by atoms with Gasteiger partial charge in [-0.25, -0.2) is 0 Å². The van der Waals surface area contributed by atoms with Crippen LogP contribution in [0.15, 0.2) is 13.4 Å². The molecule has 3 nitrogen and oxygen atoms in total. The second-order valence-electron chi connectivity index (χ2n) is 3.34. The Bertz CT molecular complexity index is 410. The summed E-state index contributed by atoms with van der Waals surface area (Å²) in [6, 6.07) is 0. The fourth-order valence-electron chi connectivity index (χ4n) is 1.54. The Hall–Kier alpha value is 0.220. The van der Waals surface area contributed by atoms with E-state index in [1.54, 1.807) is 14.2 Å². The van der Waals surface area contributed by atoms with Crippen LogP contribution in [0.5, 0.6) is 11.5 Å². The maximum absolute atomic E-state index is 5.45. The minimum absolute atomic E-state index is 0.702. The highest BCUT2D eigenvalue weighted by atomic mass is 79.9. The number of benzene rings is 1. The van der Waals surface area contributed by atoms with E-state index >= 15 is 0 Å². The van der Waals surface area contributed by atoms with Crippen LogP contribution >= 0.6 is 47.8 Å². The van der Waals surface area contributed by atoms with Crippen molar-refractivity contribution in [3.8, 4) is 11.5 Å². The second-order valence-corrected chi connectivity index (χ2v) is 5.72. The standard InChI is InChI=1S/C11H14Br3NO2/c1-15-5-4-6-7(12)8(13)9(14)11(17-3)10(6)16-2/h15H,4-5H2,1-3H3. The van der Waals surface area contributed by atoms with E-state index in [9.17, 15) is 0 Å². The van der Waals surface area contributed by atoms with Gasteiger partial charge in [0.2, 0.25) is 0 Å².